The summed E-state index contributed by atoms with van der Waals surface area (Å²) >= 11 is 0. The summed E-state index contributed by atoms with van der Waals surface area (Å²) in [6, 6.07) is 21.4. The van der Waals surface area contributed by atoms with Gasteiger partial charge in [0, 0.05) is 6.61 Å². The number of hydrogen-bond acceptors (Lipinski definition) is 6. The summed E-state index contributed by atoms with van der Waals surface area (Å²) in [5, 5.41) is 2.53. The summed E-state index contributed by atoms with van der Waals surface area (Å²) in [6.07, 6.45) is 6.31. The van der Waals surface area contributed by atoms with Crippen LogP contribution >= 0.6 is 0 Å². The molecule has 0 saturated heterocycles. The first-order valence-corrected chi connectivity index (χ1v) is 17.1. The molecule has 0 aliphatic carbocycles. The van der Waals surface area contributed by atoms with Crippen LogP contribution in [0.4, 0.5) is 0 Å². The minimum Gasteiger partial charge on any atom is -0.405 e. The van der Waals surface area contributed by atoms with Crippen LogP contribution in [0.1, 0.15) is 59.8 Å². The van der Waals surface area contributed by atoms with Gasteiger partial charge in [-0.1, -0.05) is 114 Å². The number of unbranched alkanes of at least 4 members (excludes halogenated alkanes) is 4. The second-order valence-corrected chi connectivity index (χ2v) is 15.3. The van der Waals surface area contributed by atoms with E-state index in [1.54, 1.807) is 0 Å². The average molecular weight is 575 g/mol. The highest BCUT2D eigenvalue weighted by Gasteiger charge is 2.49. The van der Waals surface area contributed by atoms with E-state index < -0.39 is 8.32 Å². The van der Waals surface area contributed by atoms with Gasteiger partial charge in [-0.05, 0) is 21.8 Å². The van der Waals surface area contributed by atoms with Gasteiger partial charge < -0.3 is 28.1 Å². The summed E-state index contributed by atoms with van der Waals surface area (Å²) in [7, 11) is -2.51. The Morgan fingerprint density at radius 3 is 1.25 bits per heavy atom. The normalized spacial score (nSPS) is 12.2. The Kier molecular flexibility index (Phi) is 18.3. The van der Waals surface area contributed by atoms with Crippen LogP contribution < -0.4 is 10.4 Å². The predicted octanol–water partition coefficient (Wildman–Crippen LogP) is 5.62. The van der Waals surface area contributed by atoms with Crippen LogP contribution in [0.5, 0.6) is 0 Å². The third kappa shape index (κ3) is 12.9. The van der Waals surface area contributed by atoms with Crippen molar-refractivity contribution >= 4 is 18.7 Å². The zero-order valence-corrected chi connectivity index (χ0v) is 26.5. The van der Waals surface area contributed by atoms with Gasteiger partial charge in [0.2, 0.25) is 0 Å². The van der Waals surface area contributed by atoms with E-state index in [1.807, 2.05) is 0 Å². The van der Waals surface area contributed by atoms with E-state index in [4.69, 9.17) is 28.1 Å². The second-order valence-electron chi connectivity index (χ2n) is 11.0. The van der Waals surface area contributed by atoms with Crippen LogP contribution in [0, 0.1) is 0 Å². The lowest BCUT2D eigenvalue weighted by atomic mass is 10.2. The zero-order chi connectivity index (χ0) is 28.8. The average Bonchev–Trinajstić information content (AvgIpc) is 2.96. The number of benzene rings is 2. The Morgan fingerprint density at radius 2 is 0.850 bits per heavy atom. The Labute approximate surface area is 244 Å². The van der Waals surface area contributed by atoms with Gasteiger partial charge in [0.15, 0.2) is 0 Å². The lowest BCUT2D eigenvalue weighted by Gasteiger charge is -2.43. The third-order valence-electron chi connectivity index (χ3n) is 6.84. The third-order valence-corrected chi connectivity index (χ3v) is 11.9. The van der Waals surface area contributed by atoms with Crippen molar-refractivity contribution in [2.45, 2.75) is 64.8 Å². The molecular formula is C33H54O6Si. The summed E-state index contributed by atoms with van der Waals surface area (Å²) in [5.74, 6) is 0. The first kappa shape index (κ1) is 34.6. The molecule has 0 saturated carbocycles. The second kappa shape index (κ2) is 21.2. The fraction of sp³-hybridized carbons (Fsp3) is 0.636. The maximum atomic E-state index is 6.84. The van der Waals surface area contributed by atoms with Crippen LogP contribution in [0.2, 0.25) is 5.04 Å². The number of hydrogen-bond donors (Lipinski definition) is 0. The van der Waals surface area contributed by atoms with Crippen LogP contribution in [0.25, 0.3) is 0 Å². The molecule has 0 spiro atoms. The van der Waals surface area contributed by atoms with E-state index in [0.29, 0.717) is 66.1 Å². The van der Waals surface area contributed by atoms with E-state index in [0.717, 1.165) is 13.0 Å². The van der Waals surface area contributed by atoms with Crippen molar-refractivity contribution in [2.24, 2.45) is 0 Å². The maximum absolute atomic E-state index is 6.84. The molecule has 0 fully saturated rings. The Balaban J connectivity index is 1.52. The smallest absolute Gasteiger partial charge is 0.261 e. The van der Waals surface area contributed by atoms with Gasteiger partial charge in [0.25, 0.3) is 8.32 Å². The van der Waals surface area contributed by atoms with E-state index in [-0.39, 0.29) is 5.04 Å². The standard InChI is InChI=1S/C33H54O6Si/c1-5-6-7-8-15-20-34-21-22-35-23-24-36-25-26-37-27-28-38-29-30-39-40(33(2,3)4,31-16-11-9-12-17-31)32-18-13-10-14-19-32/h9-14,16-19H,5-8,15,20-30H2,1-4H3. The van der Waals surface area contributed by atoms with Crippen molar-refractivity contribution in [1.82, 2.24) is 0 Å². The van der Waals surface area contributed by atoms with Gasteiger partial charge in [-0.15, -0.1) is 0 Å². The van der Waals surface area contributed by atoms with E-state index >= 15 is 0 Å². The molecular weight excluding hydrogens is 520 g/mol. The van der Waals surface area contributed by atoms with Gasteiger partial charge in [0.05, 0.1) is 66.1 Å². The van der Waals surface area contributed by atoms with Gasteiger partial charge >= 0.3 is 0 Å². The molecule has 2 aromatic carbocycles. The summed E-state index contributed by atoms with van der Waals surface area (Å²) in [6.45, 7) is 15.6. The van der Waals surface area contributed by atoms with Crippen LogP contribution in [-0.4, -0.2) is 81.0 Å². The molecule has 226 valence electrons. The molecule has 0 N–H and O–H groups in total. The van der Waals surface area contributed by atoms with Crippen molar-refractivity contribution in [1.29, 1.82) is 0 Å². The monoisotopic (exact) mass is 574 g/mol. The van der Waals surface area contributed by atoms with Crippen molar-refractivity contribution in [3.05, 3.63) is 60.7 Å². The summed E-state index contributed by atoms with van der Waals surface area (Å²) < 4.78 is 35.0. The van der Waals surface area contributed by atoms with Crippen LogP contribution in [-0.2, 0) is 28.1 Å². The number of rotatable bonds is 24. The minimum absolute atomic E-state index is 0.0365. The van der Waals surface area contributed by atoms with Crippen molar-refractivity contribution < 1.29 is 28.1 Å². The highest BCUT2D eigenvalue weighted by molar-refractivity contribution is 6.99. The lowest BCUT2D eigenvalue weighted by molar-refractivity contribution is -0.0130. The number of ether oxygens (including phenoxy) is 5. The predicted molar refractivity (Wildman–Crippen MR) is 166 cm³/mol. The zero-order valence-electron chi connectivity index (χ0n) is 25.5. The lowest BCUT2D eigenvalue weighted by Crippen LogP contribution is -2.66. The molecule has 0 bridgehead atoms. The molecule has 0 aliphatic rings. The molecule has 40 heavy (non-hydrogen) atoms. The first-order valence-electron chi connectivity index (χ1n) is 15.2. The van der Waals surface area contributed by atoms with Gasteiger partial charge in [0.1, 0.15) is 0 Å². The largest absolute Gasteiger partial charge is 0.405 e. The molecule has 6 nitrogen and oxygen atoms in total. The van der Waals surface area contributed by atoms with Gasteiger partial charge in [-0.25, -0.2) is 0 Å². The molecule has 0 aromatic heterocycles. The molecule has 0 radical (unpaired) electrons. The molecule has 0 unspecified atom stereocenters. The molecule has 0 atom stereocenters. The van der Waals surface area contributed by atoms with Crippen molar-refractivity contribution in [2.75, 3.05) is 72.7 Å². The SMILES string of the molecule is CCCCCCCOCCOCCOCCOCCOCCO[Si](c1ccccc1)(c1ccccc1)C(C)(C)C. The fourth-order valence-corrected chi connectivity index (χ4v) is 9.35. The van der Waals surface area contributed by atoms with Crippen LogP contribution in [0.3, 0.4) is 0 Å². The summed E-state index contributed by atoms with van der Waals surface area (Å²) in [5.41, 5.74) is 0. The highest BCUT2D eigenvalue weighted by atomic mass is 28.4. The van der Waals surface area contributed by atoms with Gasteiger partial charge in [-0.2, -0.15) is 0 Å². The first-order chi connectivity index (χ1) is 19.5. The Morgan fingerprint density at radius 1 is 0.475 bits per heavy atom. The molecule has 0 aliphatic heterocycles. The molecule has 2 rings (SSSR count). The molecule has 7 heteroatoms. The topological polar surface area (TPSA) is 55.4 Å². The highest BCUT2D eigenvalue weighted by Crippen LogP contribution is 2.36. The van der Waals surface area contributed by atoms with Crippen molar-refractivity contribution in [3.8, 4) is 0 Å². The fourth-order valence-electron chi connectivity index (χ4n) is 4.80. The quantitative estimate of drug-likeness (QED) is 0.120. The molecule has 2 aromatic rings. The summed E-state index contributed by atoms with van der Waals surface area (Å²) in [4.78, 5) is 0. The van der Waals surface area contributed by atoms with Crippen LogP contribution in [0.15, 0.2) is 60.7 Å². The Hall–Kier alpha value is -1.58. The van der Waals surface area contributed by atoms with E-state index in [1.165, 1.54) is 36.1 Å². The van der Waals surface area contributed by atoms with E-state index in [9.17, 15) is 0 Å². The van der Waals surface area contributed by atoms with E-state index in [2.05, 4.69) is 88.4 Å². The Bertz CT molecular complexity index is 804. The molecule has 0 amide bonds. The maximum Gasteiger partial charge on any atom is 0.261 e. The minimum atomic E-state index is -2.51. The van der Waals surface area contributed by atoms with Gasteiger partial charge in [-0.3, -0.25) is 0 Å². The molecule has 0 heterocycles. The van der Waals surface area contributed by atoms with Crippen molar-refractivity contribution in [3.63, 3.8) is 0 Å².